The van der Waals surface area contributed by atoms with E-state index in [0.717, 1.165) is 31.6 Å². The number of benzene rings is 1. The largest absolute Gasteiger partial charge is 0.395 e. The number of nitrogens with zero attached hydrogens (tertiary/aromatic N) is 1. The van der Waals surface area contributed by atoms with E-state index >= 15 is 0 Å². The minimum atomic E-state index is -0.00599. The molecule has 1 heterocycles. The molecule has 21 heavy (non-hydrogen) atoms. The van der Waals surface area contributed by atoms with Crippen LogP contribution in [0.4, 0.5) is 0 Å². The molecule has 0 aromatic heterocycles. The van der Waals surface area contributed by atoms with E-state index in [0.29, 0.717) is 6.42 Å². The zero-order valence-corrected chi connectivity index (χ0v) is 13.1. The molecule has 114 valence electrons. The van der Waals surface area contributed by atoms with Gasteiger partial charge in [0.25, 0.3) is 0 Å². The molecule has 0 bridgehead atoms. The Morgan fingerprint density at radius 2 is 2.10 bits per heavy atom. The van der Waals surface area contributed by atoms with Gasteiger partial charge in [-0.3, -0.25) is 4.90 Å². The van der Waals surface area contributed by atoms with Gasteiger partial charge in [0.15, 0.2) is 0 Å². The van der Waals surface area contributed by atoms with Gasteiger partial charge in [-0.05, 0) is 44.0 Å². The van der Waals surface area contributed by atoms with Crippen molar-refractivity contribution in [2.75, 3.05) is 26.8 Å². The van der Waals surface area contributed by atoms with E-state index in [1.165, 1.54) is 12.0 Å². The predicted molar refractivity (Wildman–Crippen MR) is 84.9 cm³/mol. The fourth-order valence-electron chi connectivity index (χ4n) is 2.78. The first-order valence-electron chi connectivity index (χ1n) is 7.61. The van der Waals surface area contributed by atoms with Crippen molar-refractivity contribution in [3.05, 3.63) is 35.4 Å². The van der Waals surface area contributed by atoms with E-state index in [-0.39, 0.29) is 12.2 Å². The van der Waals surface area contributed by atoms with Crippen molar-refractivity contribution in [2.45, 2.75) is 38.3 Å². The lowest BCUT2D eigenvalue weighted by molar-refractivity contribution is -0.0527. The Hall–Kier alpha value is -1.34. The summed E-state index contributed by atoms with van der Waals surface area (Å²) in [5.41, 5.74) is 2.31. The Labute approximate surface area is 127 Å². The monoisotopic (exact) mass is 287 g/mol. The first-order chi connectivity index (χ1) is 10.1. The molecular weight excluding hydrogens is 262 g/mol. The van der Waals surface area contributed by atoms with Crippen LogP contribution in [0.3, 0.4) is 0 Å². The molecule has 1 atom stereocenters. The number of aliphatic hydroxyl groups is 1. The highest BCUT2D eigenvalue weighted by Crippen LogP contribution is 2.24. The Morgan fingerprint density at radius 3 is 2.76 bits per heavy atom. The zero-order chi connectivity index (χ0) is 15.1. The summed E-state index contributed by atoms with van der Waals surface area (Å²) in [5, 5.41) is 8.72. The summed E-state index contributed by atoms with van der Waals surface area (Å²) in [4.78, 5) is 2.46. The van der Waals surface area contributed by atoms with Gasteiger partial charge >= 0.3 is 0 Å². The maximum absolute atomic E-state index is 8.72. The lowest BCUT2D eigenvalue weighted by Gasteiger charge is -2.39. The van der Waals surface area contributed by atoms with Crippen molar-refractivity contribution >= 4 is 0 Å². The van der Waals surface area contributed by atoms with Gasteiger partial charge in [-0.2, -0.15) is 0 Å². The van der Waals surface area contributed by atoms with Gasteiger partial charge < -0.3 is 9.84 Å². The summed E-state index contributed by atoms with van der Waals surface area (Å²) in [6, 6.07) is 8.39. The van der Waals surface area contributed by atoms with Crippen molar-refractivity contribution in [1.82, 2.24) is 4.90 Å². The summed E-state index contributed by atoms with van der Waals surface area (Å²) in [6.07, 6.45) is 2.86. The molecule has 1 unspecified atom stereocenters. The highest BCUT2D eigenvalue weighted by molar-refractivity contribution is 5.36. The zero-order valence-electron chi connectivity index (χ0n) is 13.1. The maximum Gasteiger partial charge on any atom is 0.0777 e. The van der Waals surface area contributed by atoms with Crippen LogP contribution >= 0.6 is 0 Å². The fraction of sp³-hybridized carbons (Fsp3) is 0.556. The molecule has 2 rings (SSSR count). The van der Waals surface area contributed by atoms with Crippen molar-refractivity contribution in [3.63, 3.8) is 0 Å². The molecule has 0 amide bonds. The number of hydrogen-bond acceptors (Lipinski definition) is 3. The Bertz CT molecular complexity index is 500. The third kappa shape index (κ3) is 4.86. The number of ether oxygens (including phenoxy) is 1. The highest BCUT2D eigenvalue weighted by Gasteiger charge is 2.30. The van der Waals surface area contributed by atoms with Crippen LogP contribution in [0.15, 0.2) is 24.3 Å². The molecule has 3 nitrogen and oxygen atoms in total. The SMILES string of the molecule is COC1(C)CCCN(Cc2ccc(C#CCCO)cc2)C1. The summed E-state index contributed by atoms with van der Waals surface area (Å²) in [6.45, 7) is 5.40. The maximum atomic E-state index is 8.72. The van der Waals surface area contributed by atoms with E-state index in [1.54, 1.807) is 0 Å². The molecule has 0 aliphatic carbocycles. The molecule has 1 aromatic carbocycles. The quantitative estimate of drug-likeness (QED) is 0.863. The second kappa shape index (κ2) is 7.61. The number of piperidine rings is 1. The molecule has 1 N–H and O–H groups in total. The Balaban J connectivity index is 1.93. The second-order valence-corrected chi connectivity index (χ2v) is 5.94. The van der Waals surface area contributed by atoms with Crippen molar-refractivity contribution in [2.24, 2.45) is 0 Å². The molecule has 1 aromatic rings. The normalized spacial score (nSPS) is 22.6. The van der Waals surface area contributed by atoms with E-state index in [1.807, 2.05) is 7.11 Å². The topological polar surface area (TPSA) is 32.7 Å². The number of methoxy groups -OCH3 is 1. The molecular formula is C18H25NO2. The van der Waals surface area contributed by atoms with Gasteiger partial charge in [0.1, 0.15) is 0 Å². The van der Waals surface area contributed by atoms with Crippen LogP contribution in [0.1, 0.15) is 37.3 Å². The van der Waals surface area contributed by atoms with Crippen LogP contribution in [0.2, 0.25) is 0 Å². The minimum Gasteiger partial charge on any atom is -0.395 e. The van der Waals surface area contributed by atoms with Crippen LogP contribution in [0.25, 0.3) is 0 Å². The summed E-state index contributed by atoms with van der Waals surface area (Å²) >= 11 is 0. The van der Waals surface area contributed by atoms with Gasteiger partial charge in [-0.1, -0.05) is 24.0 Å². The second-order valence-electron chi connectivity index (χ2n) is 5.94. The summed E-state index contributed by atoms with van der Waals surface area (Å²) < 4.78 is 5.64. The van der Waals surface area contributed by atoms with Crippen LogP contribution in [-0.2, 0) is 11.3 Å². The highest BCUT2D eigenvalue weighted by atomic mass is 16.5. The molecule has 1 saturated heterocycles. The van der Waals surface area contributed by atoms with Crippen LogP contribution < -0.4 is 0 Å². The Morgan fingerprint density at radius 1 is 1.33 bits per heavy atom. The molecule has 1 fully saturated rings. The van der Waals surface area contributed by atoms with E-state index in [9.17, 15) is 0 Å². The molecule has 1 aliphatic rings. The molecule has 1 aliphatic heterocycles. The van der Waals surface area contributed by atoms with E-state index in [4.69, 9.17) is 9.84 Å². The molecule has 0 saturated carbocycles. The third-order valence-electron chi connectivity index (χ3n) is 4.06. The van der Waals surface area contributed by atoms with E-state index in [2.05, 4.69) is 47.9 Å². The average molecular weight is 287 g/mol. The lowest BCUT2D eigenvalue weighted by atomic mass is 9.94. The van der Waals surface area contributed by atoms with Gasteiger partial charge in [0, 0.05) is 32.2 Å². The summed E-state index contributed by atoms with van der Waals surface area (Å²) in [7, 11) is 1.81. The van der Waals surface area contributed by atoms with Crippen LogP contribution in [0, 0.1) is 11.8 Å². The van der Waals surface area contributed by atoms with Crippen molar-refractivity contribution in [3.8, 4) is 11.8 Å². The van der Waals surface area contributed by atoms with E-state index < -0.39 is 0 Å². The van der Waals surface area contributed by atoms with Gasteiger partial charge in [-0.25, -0.2) is 0 Å². The number of aliphatic hydroxyl groups excluding tert-OH is 1. The van der Waals surface area contributed by atoms with Crippen molar-refractivity contribution in [1.29, 1.82) is 0 Å². The minimum absolute atomic E-state index is 0.00599. The standard InChI is InChI=1S/C18H25NO2/c1-18(21-2)11-5-12-19(15-18)14-17-9-7-16(8-10-17)6-3-4-13-20/h7-10,20H,4-5,11-15H2,1-2H3. The van der Waals surface area contributed by atoms with Crippen LogP contribution in [0.5, 0.6) is 0 Å². The first kappa shape index (κ1) is 16.0. The van der Waals surface area contributed by atoms with Gasteiger partial charge in [0.05, 0.1) is 12.2 Å². The number of hydrogen-bond donors (Lipinski definition) is 1. The first-order valence-corrected chi connectivity index (χ1v) is 7.61. The summed E-state index contributed by atoms with van der Waals surface area (Å²) in [5.74, 6) is 6.00. The molecule has 0 spiro atoms. The van der Waals surface area contributed by atoms with Crippen LogP contribution in [-0.4, -0.2) is 42.4 Å². The Kier molecular flexibility index (Phi) is 5.81. The smallest absolute Gasteiger partial charge is 0.0777 e. The molecule has 0 radical (unpaired) electrons. The average Bonchev–Trinajstić information content (AvgIpc) is 2.49. The van der Waals surface area contributed by atoms with Gasteiger partial charge in [0.2, 0.25) is 0 Å². The van der Waals surface area contributed by atoms with Crippen molar-refractivity contribution < 1.29 is 9.84 Å². The fourth-order valence-corrected chi connectivity index (χ4v) is 2.78. The third-order valence-corrected chi connectivity index (χ3v) is 4.06. The predicted octanol–water partition coefficient (Wildman–Crippen LogP) is 2.42. The molecule has 3 heteroatoms. The lowest BCUT2D eigenvalue weighted by Crippen LogP contribution is -2.46. The number of rotatable bonds is 4. The van der Waals surface area contributed by atoms with Gasteiger partial charge in [-0.15, -0.1) is 0 Å². The number of likely N-dealkylation sites (tertiary alicyclic amines) is 1.